The van der Waals surface area contributed by atoms with Crippen molar-refractivity contribution in [2.75, 3.05) is 12.1 Å². The molecule has 142 valence electrons. The molecule has 0 spiro atoms. The summed E-state index contributed by atoms with van der Waals surface area (Å²) in [6.45, 7) is 2.56. The summed E-state index contributed by atoms with van der Waals surface area (Å²) in [6.07, 6.45) is 0. The van der Waals surface area contributed by atoms with Crippen molar-refractivity contribution >= 4 is 28.9 Å². The first-order chi connectivity index (χ1) is 13.6. The molecule has 6 heteroatoms. The van der Waals surface area contributed by atoms with Gasteiger partial charge in [-0.15, -0.1) is 0 Å². The van der Waals surface area contributed by atoms with Crippen LogP contribution in [0.25, 0.3) is 0 Å². The molecule has 1 aliphatic heterocycles. The van der Waals surface area contributed by atoms with Crippen molar-refractivity contribution < 1.29 is 14.3 Å². The Labute approximate surface area is 168 Å². The topological polar surface area (TPSA) is 59.6 Å². The molecule has 0 unspecified atom stereocenters. The summed E-state index contributed by atoms with van der Waals surface area (Å²) in [5, 5.41) is 6.95. The van der Waals surface area contributed by atoms with Gasteiger partial charge in [0.05, 0.1) is 11.3 Å². The van der Waals surface area contributed by atoms with E-state index in [1.54, 1.807) is 6.07 Å². The molecule has 5 nitrogen and oxygen atoms in total. The largest absolute Gasteiger partial charge is 0.454 e. The fourth-order valence-corrected chi connectivity index (χ4v) is 3.18. The minimum absolute atomic E-state index is 0.166. The van der Waals surface area contributed by atoms with Crippen LogP contribution in [0.5, 0.6) is 11.5 Å². The lowest BCUT2D eigenvalue weighted by Crippen LogP contribution is -2.23. The first-order valence-corrected chi connectivity index (χ1v) is 9.27. The van der Waals surface area contributed by atoms with E-state index in [1.165, 1.54) is 0 Å². The highest BCUT2D eigenvalue weighted by molar-refractivity contribution is 6.31. The van der Waals surface area contributed by atoms with Crippen LogP contribution in [0.2, 0.25) is 5.02 Å². The Morgan fingerprint density at radius 2 is 1.79 bits per heavy atom. The number of benzene rings is 3. The normalized spacial score (nSPS) is 11.9. The van der Waals surface area contributed by atoms with E-state index in [0.717, 1.165) is 28.3 Å². The molecule has 1 aliphatic rings. The minimum Gasteiger partial charge on any atom is -0.454 e. The van der Waals surface area contributed by atoms with Gasteiger partial charge in [-0.1, -0.05) is 35.9 Å². The Hall–Kier alpha value is -3.18. The minimum atomic E-state index is -0.166. The maximum Gasteiger partial charge on any atom is 0.253 e. The highest BCUT2D eigenvalue weighted by Crippen LogP contribution is 2.32. The van der Waals surface area contributed by atoms with Crippen molar-refractivity contribution in [3.8, 4) is 11.5 Å². The highest BCUT2D eigenvalue weighted by atomic mass is 35.5. The summed E-state index contributed by atoms with van der Waals surface area (Å²) in [6, 6.07) is 18.7. The Kier molecular flexibility index (Phi) is 5.08. The molecule has 4 rings (SSSR count). The zero-order valence-corrected chi connectivity index (χ0v) is 16.0. The lowest BCUT2D eigenvalue weighted by molar-refractivity contribution is 0.0951. The standard InChI is InChI=1S/C22H19ClN2O3/c1-14-17(23)6-4-8-18(14)25-19-7-3-2-5-16(19)22(26)24-12-15-9-10-20-21(11-15)28-13-27-20/h2-11,25H,12-13H2,1H3,(H,24,26). The predicted octanol–water partition coefficient (Wildman–Crippen LogP) is 5.05. The molecule has 1 heterocycles. The number of carbonyl (C=O) groups is 1. The van der Waals surface area contributed by atoms with Crippen molar-refractivity contribution in [2.45, 2.75) is 13.5 Å². The van der Waals surface area contributed by atoms with Gasteiger partial charge in [-0.3, -0.25) is 4.79 Å². The van der Waals surface area contributed by atoms with Crippen LogP contribution in [0.15, 0.2) is 60.7 Å². The van der Waals surface area contributed by atoms with Crippen LogP contribution in [-0.4, -0.2) is 12.7 Å². The van der Waals surface area contributed by atoms with E-state index in [4.69, 9.17) is 21.1 Å². The average molecular weight is 395 g/mol. The molecule has 3 aromatic carbocycles. The molecular weight excluding hydrogens is 376 g/mol. The molecule has 0 atom stereocenters. The smallest absolute Gasteiger partial charge is 0.253 e. The Morgan fingerprint density at radius 1 is 1.00 bits per heavy atom. The summed E-state index contributed by atoms with van der Waals surface area (Å²) in [5.41, 5.74) is 4.01. The molecule has 28 heavy (non-hydrogen) atoms. The number of rotatable bonds is 5. The quantitative estimate of drug-likeness (QED) is 0.635. The molecule has 0 radical (unpaired) electrons. The van der Waals surface area contributed by atoms with Gasteiger partial charge in [-0.25, -0.2) is 0 Å². The van der Waals surface area contributed by atoms with Gasteiger partial charge in [-0.05, 0) is 54.4 Å². The Morgan fingerprint density at radius 3 is 2.68 bits per heavy atom. The monoisotopic (exact) mass is 394 g/mol. The van der Waals surface area contributed by atoms with Crippen molar-refractivity contribution in [1.82, 2.24) is 5.32 Å². The molecule has 1 amide bonds. The van der Waals surface area contributed by atoms with Gasteiger partial charge in [0.1, 0.15) is 0 Å². The molecule has 0 saturated heterocycles. The highest BCUT2D eigenvalue weighted by Gasteiger charge is 2.15. The third-order valence-corrected chi connectivity index (χ3v) is 5.01. The van der Waals surface area contributed by atoms with Crippen LogP contribution in [0.3, 0.4) is 0 Å². The van der Waals surface area contributed by atoms with Crippen LogP contribution in [0.4, 0.5) is 11.4 Å². The maximum atomic E-state index is 12.8. The van der Waals surface area contributed by atoms with Gasteiger partial charge in [0.25, 0.3) is 5.91 Å². The number of carbonyl (C=O) groups excluding carboxylic acids is 1. The zero-order valence-electron chi connectivity index (χ0n) is 15.3. The van der Waals surface area contributed by atoms with E-state index >= 15 is 0 Å². The van der Waals surface area contributed by atoms with E-state index in [2.05, 4.69) is 10.6 Å². The Bertz CT molecular complexity index is 1040. The molecule has 2 N–H and O–H groups in total. The van der Waals surface area contributed by atoms with Crippen LogP contribution in [0.1, 0.15) is 21.5 Å². The van der Waals surface area contributed by atoms with E-state index in [1.807, 2.05) is 61.5 Å². The van der Waals surface area contributed by atoms with Gasteiger partial charge in [-0.2, -0.15) is 0 Å². The van der Waals surface area contributed by atoms with Crippen LogP contribution in [-0.2, 0) is 6.54 Å². The summed E-state index contributed by atoms with van der Waals surface area (Å²) < 4.78 is 10.7. The van der Waals surface area contributed by atoms with Gasteiger partial charge in [0, 0.05) is 17.3 Å². The van der Waals surface area contributed by atoms with Crippen molar-refractivity contribution in [1.29, 1.82) is 0 Å². The molecule has 0 saturated carbocycles. The SMILES string of the molecule is Cc1c(Cl)cccc1Nc1ccccc1C(=O)NCc1ccc2c(c1)OCO2. The van der Waals surface area contributed by atoms with E-state index in [9.17, 15) is 4.79 Å². The van der Waals surface area contributed by atoms with Crippen LogP contribution < -0.4 is 20.1 Å². The number of hydrogen-bond acceptors (Lipinski definition) is 4. The van der Waals surface area contributed by atoms with Crippen LogP contribution in [0, 0.1) is 6.92 Å². The number of nitrogens with one attached hydrogen (secondary N) is 2. The van der Waals surface area contributed by atoms with Crippen molar-refractivity contribution in [2.24, 2.45) is 0 Å². The number of anilines is 2. The first-order valence-electron chi connectivity index (χ1n) is 8.90. The number of halogens is 1. The number of hydrogen-bond donors (Lipinski definition) is 2. The third-order valence-electron chi connectivity index (χ3n) is 4.60. The lowest BCUT2D eigenvalue weighted by atomic mass is 10.1. The zero-order chi connectivity index (χ0) is 19.5. The second-order valence-electron chi connectivity index (χ2n) is 6.45. The molecular formula is C22H19ClN2O3. The maximum absolute atomic E-state index is 12.8. The fourth-order valence-electron chi connectivity index (χ4n) is 3.01. The first kappa shape index (κ1) is 18.2. The lowest BCUT2D eigenvalue weighted by Gasteiger charge is -2.14. The second-order valence-corrected chi connectivity index (χ2v) is 6.86. The summed E-state index contributed by atoms with van der Waals surface area (Å²) in [5.74, 6) is 1.26. The molecule has 0 aliphatic carbocycles. The van der Waals surface area contributed by atoms with E-state index in [0.29, 0.717) is 22.9 Å². The van der Waals surface area contributed by atoms with Gasteiger partial charge < -0.3 is 20.1 Å². The predicted molar refractivity (Wildman–Crippen MR) is 110 cm³/mol. The molecule has 3 aromatic rings. The fraction of sp³-hybridized carbons (Fsp3) is 0.136. The van der Waals surface area contributed by atoms with Gasteiger partial charge in [0.15, 0.2) is 11.5 Å². The van der Waals surface area contributed by atoms with Crippen molar-refractivity contribution in [3.63, 3.8) is 0 Å². The average Bonchev–Trinajstić information content (AvgIpc) is 3.18. The molecule has 0 fully saturated rings. The summed E-state index contributed by atoms with van der Waals surface area (Å²) >= 11 is 6.20. The molecule has 0 bridgehead atoms. The van der Waals surface area contributed by atoms with Crippen LogP contribution >= 0.6 is 11.6 Å². The van der Waals surface area contributed by atoms with Gasteiger partial charge >= 0.3 is 0 Å². The number of fused-ring (bicyclic) bond motifs is 1. The number of ether oxygens (including phenoxy) is 2. The van der Waals surface area contributed by atoms with E-state index < -0.39 is 0 Å². The third kappa shape index (κ3) is 3.75. The Balaban J connectivity index is 1.49. The second kappa shape index (κ2) is 7.82. The van der Waals surface area contributed by atoms with Crippen molar-refractivity contribution in [3.05, 3.63) is 82.4 Å². The summed E-state index contributed by atoms with van der Waals surface area (Å²) in [7, 11) is 0. The van der Waals surface area contributed by atoms with Gasteiger partial charge in [0.2, 0.25) is 6.79 Å². The number of para-hydroxylation sites is 1. The van der Waals surface area contributed by atoms with E-state index in [-0.39, 0.29) is 12.7 Å². The number of amides is 1. The molecule has 0 aromatic heterocycles. The summed E-state index contributed by atoms with van der Waals surface area (Å²) in [4.78, 5) is 12.8.